The fourth-order valence-corrected chi connectivity index (χ4v) is 1.54. The molecule has 0 saturated heterocycles. The molecule has 2 rings (SSSR count). The van der Waals surface area contributed by atoms with Gasteiger partial charge in [0.2, 0.25) is 0 Å². The topological polar surface area (TPSA) is 93.9 Å². The third-order valence-electron chi connectivity index (χ3n) is 2.44. The van der Waals surface area contributed by atoms with Gasteiger partial charge in [-0.15, -0.1) is 0 Å². The number of carbonyl (C=O) groups is 1. The van der Waals surface area contributed by atoms with Crippen LogP contribution in [0.15, 0.2) is 30.6 Å². The minimum atomic E-state index is -0.595. The number of carbonyl (C=O) groups excluding carboxylic acids is 1. The Hall–Kier alpha value is -2.81. The van der Waals surface area contributed by atoms with E-state index in [1.54, 1.807) is 24.3 Å². The number of benzene rings is 1. The predicted octanol–water partition coefficient (Wildman–Crippen LogP) is 1.11. The zero-order valence-electron chi connectivity index (χ0n) is 9.62. The van der Waals surface area contributed by atoms with Crippen LogP contribution in [-0.2, 0) is 4.74 Å². The summed E-state index contributed by atoms with van der Waals surface area (Å²) < 4.78 is 6.09. The van der Waals surface area contributed by atoms with Crippen LogP contribution in [0.2, 0.25) is 0 Å². The van der Waals surface area contributed by atoms with Crippen molar-refractivity contribution in [1.29, 1.82) is 5.26 Å². The van der Waals surface area contributed by atoms with Gasteiger partial charge in [-0.2, -0.15) is 5.26 Å². The Morgan fingerprint density at radius 2 is 2.33 bits per heavy atom. The van der Waals surface area contributed by atoms with Gasteiger partial charge in [0.25, 0.3) is 0 Å². The number of anilines is 1. The molecule has 1 aromatic heterocycles. The Morgan fingerprint density at radius 3 is 3.00 bits per heavy atom. The second-order valence-electron chi connectivity index (χ2n) is 3.50. The summed E-state index contributed by atoms with van der Waals surface area (Å²) in [6, 6.07) is 8.85. The van der Waals surface area contributed by atoms with E-state index >= 15 is 0 Å². The zero-order chi connectivity index (χ0) is 13.1. The Labute approximate surface area is 103 Å². The van der Waals surface area contributed by atoms with E-state index in [0.717, 1.165) is 0 Å². The summed E-state index contributed by atoms with van der Waals surface area (Å²) in [6.07, 6.45) is 1.41. The molecule has 0 spiro atoms. The minimum Gasteiger partial charge on any atom is -0.464 e. The van der Waals surface area contributed by atoms with E-state index in [1.807, 2.05) is 6.07 Å². The Balaban J connectivity index is 2.49. The van der Waals surface area contributed by atoms with Crippen molar-refractivity contribution in [3.63, 3.8) is 0 Å². The lowest BCUT2D eigenvalue weighted by Crippen LogP contribution is -2.07. The van der Waals surface area contributed by atoms with Crippen LogP contribution in [0.1, 0.15) is 16.1 Å². The largest absolute Gasteiger partial charge is 0.464 e. The molecule has 18 heavy (non-hydrogen) atoms. The molecular formula is C12H10N4O2. The van der Waals surface area contributed by atoms with Crippen molar-refractivity contribution >= 4 is 11.8 Å². The second kappa shape index (κ2) is 4.59. The van der Waals surface area contributed by atoms with Gasteiger partial charge in [-0.25, -0.2) is 9.78 Å². The average molecular weight is 242 g/mol. The van der Waals surface area contributed by atoms with Gasteiger partial charge in [0.05, 0.1) is 18.7 Å². The molecule has 90 valence electrons. The van der Waals surface area contributed by atoms with E-state index in [9.17, 15) is 4.79 Å². The number of rotatable bonds is 2. The number of imidazole rings is 1. The molecule has 0 aliphatic carbocycles. The number of methoxy groups -OCH3 is 1. The highest BCUT2D eigenvalue weighted by Crippen LogP contribution is 2.18. The summed E-state index contributed by atoms with van der Waals surface area (Å²) in [6.45, 7) is 0. The Morgan fingerprint density at radius 1 is 1.56 bits per heavy atom. The van der Waals surface area contributed by atoms with E-state index in [1.165, 1.54) is 18.0 Å². The maximum Gasteiger partial charge on any atom is 0.360 e. The van der Waals surface area contributed by atoms with Crippen LogP contribution in [0.3, 0.4) is 0 Å². The molecular weight excluding hydrogens is 232 g/mol. The van der Waals surface area contributed by atoms with Crippen LogP contribution in [-0.4, -0.2) is 22.6 Å². The molecule has 0 atom stereocenters. The van der Waals surface area contributed by atoms with Crippen molar-refractivity contribution in [3.05, 3.63) is 41.9 Å². The number of hydrogen-bond acceptors (Lipinski definition) is 5. The van der Waals surface area contributed by atoms with Crippen LogP contribution in [0.25, 0.3) is 5.69 Å². The molecule has 6 heteroatoms. The lowest BCUT2D eigenvalue weighted by Gasteiger charge is -2.05. The van der Waals surface area contributed by atoms with Gasteiger partial charge < -0.3 is 10.5 Å². The van der Waals surface area contributed by atoms with Crippen molar-refractivity contribution < 1.29 is 9.53 Å². The van der Waals surface area contributed by atoms with E-state index in [4.69, 9.17) is 11.0 Å². The Kier molecular flexibility index (Phi) is 2.98. The van der Waals surface area contributed by atoms with Gasteiger partial charge in [-0.3, -0.25) is 4.57 Å². The van der Waals surface area contributed by atoms with Gasteiger partial charge in [0, 0.05) is 5.69 Å². The number of hydrogen-bond donors (Lipinski definition) is 1. The molecule has 0 saturated carbocycles. The van der Waals surface area contributed by atoms with Crippen molar-refractivity contribution in [2.45, 2.75) is 0 Å². The number of nitriles is 1. The molecule has 2 aromatic rings. The van der Waals surface area contributed by atoms with Crippen LogP contribution < -0.4 is 5.73 Å². The summed E-state index contributed by atoms with van der Waals surface area (Å²) >= 11 is 0. The number of aromatic nitrogens is 2. The van der Waals surface area contributed by atoms with Gasteiger partial charge in [0.15, 0.2) is 5.69 Å². The van der Waals surface area contributed by atoms with Crippen LogP contribution in [0, 0.1) is 11.3 Å². The van der Waals surface area contributed by atoms with E-state index in [2.05, 4.69) is 9.72 Å². The van der Waals surface area contributed by atoms with E-state index in [-0.39, 0.29) is 11.5 Å². The lowest BCUT2D eigenvalue weighted by molar-refractivity contribution is 0.0596. The first-order valence-electron chi connectivity index (χ1n) is 5.09. The number of esters is 1. The lowest BCUT2D eigenvalue weighted by atomic mass is 10.2. The molecule has 0 unspecified atom stereocenters. The summed E-state index contributed by atoms with van der Waals surface area (Å²) in [4.78, 5) is 15.3. The highest BCUT2D eigenvalue weighted by molar-refractivity contribution is 5.92. The molecule has 1 aromatic carbocycles. The van der Waals surface area contributed by atoms with Crippen molar-refractivity contribution in [1.82, 2.24) is 9.55 Å². The first kappa shape index (κ1) is 11.7. The third-order valence-corrected chi connectivity index (χ3v) is 2.44. The van der Waals surface area contributed by atoms with Crippen molar-refractivity contribution in [2.24, 2.45) is 0 Å². The van der Waals surface area contributed by atoms with Gasteiger partial charge in [0.1, 0.15) is 12.1 Å². The summed E-state index contributed by atoms with van der Waals surface area (Å²) in [5.74, 6) is -0.417. The van der Waals surface area contributed by atoms with E-state index in [0.29, 0.717) is 11.3 Å². The summed E-state index contributed by atoms with van der Waals surface area (Å²) in [5, 5.41) is 8.83. The third kappa shape index (κ3) is 1.89. The quantitative estimate of drug-likeness (QED) is 0.796. The highest BCUT2D eigenvalue weighted by atomic mass is 16.5. The number of nitrogens with zero attached hydrogens (tertiary/aromatic N) is 3. The van der Waals surface area contributed by atoms with Crippen molar-refractivity contribution in [3.8, 4) is 11.8 Å². The number of nitrogen functional groups attached to an aromatic ring is 1. The molecule has 0 bridgehead atoms. The van der Waals surface area contributed by atoms with Crippen LogP contribution in [0.4, 0.5) is 5.82 Å². The highest BCUT2D eigenvalue weighted by Gasteiger charge is 2.16. The SMILES string of the molecule is COC(=O)c1ncn(-c2cccc(C#N)c2)c1N. The fraction of sp³-hybridized carbons (Fsp3) is 0.0833. The molecule has 0 amide bonds. The predicted molar refractivity (Wildman–Crippen MR) is 64.0 cm³/mol. The second-order valence-corrected chi connectivity index (χ2v) is 3.50. The van der Waals surface area contributed by atoms with E-state index < -0.39 is 5.97 Å². The Bertz CT molecular complexity index is 640. The summed E-state index contributed by atoms with van der Waals surface area (Å²) in [7, 11) is 1.26. The standard InChI is InChI=1S/C12H10N4O2/c1-18-12(17)10-11(14)16(7-15-10)9-4-2-3-8(5-9)6-13/h2-5,7H,14H2,1H3. The summed E-state index contributed by atoms with van der Waals surface area (Å²) in [5.41, 5.74) is 7.04. The average Bonchev–Trinajstić information content (AvgIpc) is 2.80. The molecule has 2 N–H and O–H groups in total. The number of ether oxygens (including phenoxy) is 1. The minimum absolute atomic E-state index is 0.0554. The fourth-order valence-electron chi connectivity index (χ4n) is 1.54. The monoisotopic (exact) mass is 242 g/mol. The maximum absolute atomic E-state index is 11.4. The van der Waals surface area contributed by atoms with Gasteiger partial charge >= 0.3 is 5.97 Å². The van der Waals surface area contributed by atoms with Gasteiger partial charge in [-0.1, -0.05) is 6.07 Å². The molecule has 0 fully saturated rings. The zero-order valence-corrected chi connectivity index (χ0v) is 9.62. The van der Waals surface area contributed by atoms with Crippen LogP contribution in [0.5, 0.6) is 0 Å². The van der Waals surface area contributed by atoms with Gasteiger partial charge in [-0.05, 0) is 18.2 Å². The first-order chi connectivity index (χ1) is 8.67. The molecule has 0 radical (unpaired) electrons. The molecule has 1 heterocycles. The number of nitrogens with two attached hydrogens (primary N) is 1. The smallest absolute Gasteiger partial charge is 0.360 e. The van der Waals surface area contributed by atoms with Crippen molar-refractivity contribution in [2.75, 3.05) is 12.8 Å². The normalized spacial score (nSPS) is 9.78. The maximum atomic E-state index is 11.4. The molecule has 0 aliphatic rings. The molecule has 6 nitrogen and oxygen atoms in total. The molecule has 0 aliphatic heterocycles. The first-order valence-corrected chi connectivity index (χ1v) is 5.09. The van der Waals surface area contributed by atoms with Crippen LogP contribution >= 0.6 is 0 Å².